The second kappa shape index (κ2) is 10.5. The molecule has 0 fully saturated rings. The molecule has 0 heterocycles. The molecule has 0 aromatic heterocycles. The Kier molecular flexibility index (Phi) is 10.1. The van der Waals surface area contributed by atoms with E-state index < -0.39 is 0 Å². The number of hydrogen-bond donors (Lipinski definition) is 2. The van der Waals surface area contributed by atoms with E-state index in [2.05, 4.69) is 0 Å². The summed E-state index contributed by atoms with van der Waals surface area (Å²) < 4.78 is 0. The van der Waals surface area contributed by atoms with Gasteiger partial charge in [0.15, 0.2) is 0 Å². The number of aliphatic hydroxyl groups is 1. The summed E-state index contributed by atoms with van der Waals surface area (Å²) in [5, 5.41) is 8.65. The van der Waals surface area contributed by atoms with Crippen LogP contribution in [-0.2, 0) is 4.79 Å². The molecule has 0 radical (unpaired) electrons. The number of carbonyl (C=O) groups excluding carboxylic acids is 1. The molecule has 0 spiro atoms. The first-order valence-electron chi connectivity index (χ1n) is 6.35. The Hall–Kier alpha value is -0.650. The van der Waals surface area contributed by atoms with Crippen molar-refractivity contribution in [3.63, 3.8) is 0 Å². The summed E-state index contributed by atoms with van der Waals surface area (Å²) in [4.78, 5) is 15.5. The molecule has 0 rings (SSSR count). The van der Waals surface area contributed by atoms with Gasteiger partial charge < -0.3 is 15.7 Å². The van der Waals surface area contributed by atoms with Crippen molar-refractivity contribution >= 4 is 5.91 Å². The lowest BCUT2D eigenvalue weighted by Crippen LogP contribution is -2.37. The average molecular weight is 245 g/mol. The van der Waals surface area contributed by atoms with Gasteiger partial charge in [0.1, 0.15) is 0 Å². The molecule has 0 saturated heterocycles. The van der Waals surface area contributed by atoms with E-state index in [9.17, 15) is 4.79 Å². The quantitative estimate of drug-likeness (QED) is 0.527. The van der Waals surface area contributed by atoms with E-state index >= 15 is 0 Å². The van der Waals surface area contributed by atoms with Crippen molar-refractivity contribution < 1.29 is 9.90 Å². The first kappa shape index (κ1) is 16.4. The molecule has 0 aliphatic carbocycles. The predicted octanol–water partition coefficient (Wildman–Crippen LogP) is -0.112. The van der Waals surface area contributed by atoms with Crippen molar-refractivity contribution in [2.45, 2.75) is 25.7 Å². The van der Waals surface area contributed by atoms with Gasteiger partial charge in [-0.3, -0.25) is 9.69 Å². The maximum Gasteiger partial charge on any atom is 0.236 e. The summed E-state index contributed by atoms with van der Waals surface area (Å²) in [6.45, 7) is 2.96. The van der Waals surface area contributed by atoms with Gasteiger partial charge >= 0.3 is 0 Å². The molecule has 0 aliphatic rings. The smallest absolute Gasteiger partial charge is 0.236 e. The summed E-state index contributed by atoms with van der Waals surface area (Å²) in [5.41, 5.74) is 5.40. The van der Waals surface area contributed by atoms with Crippen LogP contribution in [0.15, 0.2) is 0 Å². The van der Waals surface area contributed by atoms with Gasteiger partial charge in [0.25, 0.3) is 0 Å². The first-order valence-corrected chi connectivity index (χ1v) is 6.35. The number of hydrogen-bond acceptors (Lipinski definition) is 4. The van der Waals surface area contributed by atoms with E-state index in [0.29, 0.717) is 13.1 Å². The number of carbonyl (C=O) groups is 1. The fourth-order valence-electron chi connectivity index (χ4n) is 1.55. The molecule has 0 unspecified atom stereocenters. The molecule has 0 aromatic carbocycles. The van der Waals surface area contributed by atoms with Crippen LogP contribution >= 0.6 is 0 Å². The third kappa shape index (κ3) is 9.09. The van der Waals surface area contributed by atoms with Crippen LogP contribution in [0.25, 0.3) is 0 Å². The summed E-state index contributed by atoms with van der Waals surface area (Å²) in [7, 11) is 3.77. The number of likely N-dealkylation sites (N-methyl/N-ethyl adjacent to an activating group) is 2. The normalized spacial score (nSPS) is 10.9. The van der Waals surface area contributed by atoms with Crippen LogP contribution in [-0.4, -0.2) is 67.7 Å². The number of aliphatic hydroxyl groups excluding tert-OH is 1. The highest BCUT2D eigenvalue weighted by molar-refractivity contribution is 5.77. The van der Waals surface area contributed by atoms with Gasteiger partial charge in [-0.1, -0.05) is 0 Å². The third-order valence-electron chi connectivity index (χ3n) is 2.73. The molecule has 102 valence electrons. The van der Waals surface area contributed by atoms with Crippen LogP contribution < -0.4 is 5.73 Å². The van der Waals surface area contributed by atoms with Crippen molar-refractivity contribution in [2.75, 3.05) is 46.9 Å². The molecule has 0 atom stereocenters. The molecule has 5 heteroatoms. The lowest BCUT2D eigenvalue weighted by Gasteiger charge is -2.21. The third-order valence-corrected chi connectivity index (χ3v) is 2.73. The van der Waals surface area contributed by atoms with Crippen molar-refractivity contribution in [1.29, 1.82) is 0 Å². The van der Waals surface area contributed by atoms with E-state index in [-0.39, 0.29) is 12.5 Å². The van der Waals surface area contributed by atoms with Crippen molar-refractivity contribution in [3.05, 3.63) is 0 Å². The van der Waals surface area contributed by atoms with Gasteiger partial charge in [0.2, 0.25) is 5.91 Å². The molecular weight excluding hydrogens is 218 g/mol. The largest absolute Gasteiger partial charge is 0.396 e. The van der Waals surface area contributed by atoms with Gasteiger partial charge in [0.05, 0.1) is 6.54 Å². The summed E-state index contributed by atoms with van der Waals surface area (Å²) in [5.74, 6) is 0.142. The molecule has 3 N–H and O–H groups in total. The number of nitrogens with zero attached hydrogens (tertiary/aromatic N) is 2. The van der Waals surface area contributed by atoms with E-state index in [1.807, 2.05) is 19.0 Å². The zero-order valence-corrected chi connectivity index (χ0v) is 11.2. The van der Waals surface area contributed by atoms with E-state index in [1.165, 1.54) is 0 Å². The first-order chi connectivity index (χ1) is 8.11. The van der Waals surface area contributed by atoms with Crippen LogP contribution in [0.3, 0.4) is 0 Å². The minimum absolute atomic E-state index is 0.142. The molecule has 1 amide bonds. The lowest BCUT2D eigenvalue weighted by atomic mass is 10.2. The zero-order chi connectivity index (χ0) is 13.1. The van der Waals surface area contributed by atoms with Gasteiger partial charge in [-0.25, -0.2) is 0 Å². The summed E-state index contributed by atoms with van der Waals surface area (Å²) >= 11 is 0. The predicted molar refractivity (Wildman–Crippen MR) is 69.7 cm³/mol. The molecule has 0 aromatic rings. The van der Waals surface area contributed by atoms with Gasteiger partial charge in [-0.2, -0.15) is 0 Å². The minimum atomic E-state index is 0.142. The van der Waals surface area contributed by atoms with Crippen molar-refractivity contribution in [1.82, 2.24) is 9.80 Å². The van der Waals surface area contributed by atoms with Crippen molar-refractivity contribution in [2.24, 2.45) is 5.73 Å². The molecule has 0 aliphatic heterocycles. The highest BCUT2D eigenvalue weighted by Gasteiger charge is 2.10. The number of rotatable bonds is 10. The summed E-state index contributed by atoms with van der Waals surface area (Å²) in [6, 6.07) is 0. The second-order valence-electron chi connectivity index (χ2n) is 4.48. The fraction of sp³-hybridized carbons (Fsp3) is 0.917. The zero-order valence-electron chi connectivity index (χ0n) is 11.2. The Balaban J connectivity index is 3.63. The number of nitrogens with two attached hydrogens (primary N) is 1. The van der Waals surface area contributed by atoms with E-state index in [1.54, 1.807) is 4.90 Å². The van der Waals surface area contributed by atoms with Crippen molar-refractivity contribution in [3.8, 4) is 0 Å². The lowest BCUT2D eigenvalue weighted by molar-refractivity contribution is -0.130. The Morgan fingerprint density at radius 3 is 2.41 bits per heavy atom. The standard InChI is InChI=1S/C12H27N3O2/c1-14(8-4-3-5-10-16)11-12(17)15(2)9-6-7-13/h16H,3-11,13H2,1-2H3. The monoisotopic (exact) mass is 245 g/mol. The number of amides is 1. The minimum Gasteiger partial charge on any atom is -0.396 e. The van der Waals surface area contributed by atoms with Crippen LogP contribution in [0.4, 0.5) is 0 Å². The molecule has 0 saturated carbocycles. The van der Waals surface area contributed by atoms with Gasteiger partial charge in [0, 0.05) is 20.2 Å². The summed E-state index contributed by atoms with van der Waals surface area (Å²) in [6.07, 6.45) is 3.73. The van der Waals surface area contributed by atoms with E-state index in [4.69, 9.17) is 10.8 Å². The van der Waals surface area contributed by atoms with Gasteiger partial charge in [-0.05, 0) is 45.8 Å². The molecule has 5 nitrogen and oxygen atoms in total. The number of unbranched alkanes of at least 4 members (excludes halogenated alkanes) is 2. The molecular formula is C12H27N3O2. The highest BCUT2D eigenvalue weighted by Crippen LogP contribution is 1.97. The molecule has 17 heavy (non-hydrogen) atoms. The Morgan fingerprint density at radius 1 is 1.12 bits per heavy atom. The highest BCUT2D eigenvalue weighted by atomic mass is 16.2. The van der Waals surface area contributed by atoms with E-state index in [0.717, 1.165) is 38.8 Å². The fourth-order valence-corrected chi connectivity index (χ4v) is 1.55. The Bertz CT molecular complexity index is 200. The maximum atomic E-state index is 11.8. The maximum absolute atomic E-state index is 11.8. The van der Waals surface area contributed by atoms with Crippen LogP contribution in [0.1, 0.15) is 25.7 Å². The SMILES string of the molecule is CN(CCCCCO)CC(=O)N(C)CCCN. The molecule has 0 bridgehead atoms. The Morgan fingerprint density at radius 2 is 1.82 bits per heavy atom. The average Bonchev–Trinajstić information content (AvgIpc) is 2.31. The Labute approximate surface area is 105 Å². The second-order valence-corrected chi connectivity index (χ2v) is 4.48. The van der Waals surface area contributed by atoms with Crippen LogP contribution in [0, 0.1) is 0 Å². The van der Waals surface area contributed by atoms with Crippen LogP contribution in [0.2, 0.25) is 0 Å². The topological polar surface area (TPSA) is 69.8 Å². The van der Waals surface area contributed by atoms with Gasteiger partial charge in [-0.15, -0.1) is 0 Å². The van der Waals surface area contributed by atoms with Crippen LogP contribution in [0.5, 0.6) is 0 Å².